The number of aryl methyl sites for hydroxylation is 1. The molecule has 176 valence electrons. The second-order valence-corrected chi connectivity index (χ2v) is 7.78. The number of para-hydroxylation sites is 1. The van der Waals surface area contributed by atoms with E-state index in [1.54, 1.807) is 42.9 Å². The summed E-state index contributed by atoms with van der Waals surface area (Å²) in [5.41, 5.74) is 1.33. The number of carbonyl (C=O) groups excluding carboxylic acids is 2. The van der Waals surface area contributed by atoms with Crippen LogP contribution in [-0.2, 0) is 11.3 Å². The summed E-state index contributed by atoms with van der Waals surface area (Å²) in [5, 5.41) is 5.65. The minimum absolute atomic E-state index is 0.151. The van der Waals surface area contributed by atoms with Gasteiger partial charge < -0.3 is 19.9 Å². The number of nitrogens with one attached hydrogen (secondary N) is 2. The van der Waals surface area contributed by atoms with Gasteiger partial charge in [-0.3, -0.25) is 9.59 Å². The standard InChI is InChI=1S/C28H26N4O3/c33-27(23-10-3-1-4-11-23)31-26(28(34)30-15-8-17-32-18-16-29-21-32)20-22-9-7-14-25(19-22)35-24-12-5-2-6-13-24/h1-7,9-14,16,18-21H,8,15,17H2,(H,30,34)(H,31,33)/b26-20+. The fourth-order valence-electron chi connectivity index (χ4n) is 3.38. The third-order valence-corrected chi connectivity index (χ3v) is 5.11. The van der Waals surface area contributed by atoms with Crippen molar-refractivity contribution in [2.45, 2.75) is 13.0 Å². The Bertz CT molecular complexity index is 1270. The van der Waals surface area contributed by atoms with Gasteiger partial charge in [-0.2, -0.15) is 0 Å². The van der Waals surface area contributed by atoms with Crippen LogP contribution in [-0.4, -0.2) is 27.9 Å². The molecule has 0 aliphatic rings. The summed E-state index contributed by atoms with van der Waals surface area (Å²) in [6.45, 7) is 1.18. The average Bonchev–Trinajstić information content (AvgIpc) is 3.41. The number of carbonyl (C=O) groups is 2. The van der Waals surface area contributed by atoms with Gasteiger partial charge in [0.05, 0.1) is 6.33 Å². The highest BCUT2D eigenvalue weighted by atomic mass is 16.5. The number of aromatic nitrogens is 2. The SMILES string of the molecule is O=C(NCCCn1ccnc1)/C(=C\c1cccc(Oc2ccccc2)c1)NC(=O)c1ccccc1. The van der Waals surface area contributed by atoms with Crippen LogP contribution in [0.2, 0.25) is 0 Å². The van der Waals surface area contributed by atoms with Gasteiger partial charge in [0, 0.05) is 31.0 Å². The Kier molecular flexibility index (Phi) is 8.05. The van der Waals surface area contributed by atoms with Crippen molar-refractivity contribution in [2.24, 2.45) is 0 Å². The molecule has 0 aliphatic carbocycles. The van der Waals surface area contributed by atoms with E-state index in [1.165, 1.54) is 0 Å². The summed E-state index contributed by atoms with van der Waals surface area (Å²) in [5.74, 6) is 0.609. The average molecular weight is 467 g/mol. The van der Waals surface area contributed by atoms with E-state index in [4.69, 9.17) is 4.74 Å². The minimum Gasteiger partial charge on any atom is -0.457 e. The minimum atomic E-state index is -0.366. The number of benzene rings is 3. The molecule has 1 aromatic heterocycles. The fraction of sp³-hybridized carbons (Fsp3) is 0.107. The Morgan fingerprint density at radius 3 is 2.40 bits per heavy atom. The highest BCUT2D eigenvalue weighted by Gasteiger charge is 2.14. The Morgan fingerprint density at radius 2 is 1.66 bits per heavy atom. The van der Waals surface area contributed by atoms with Crippen LogP contribution in [0.5, 0.6) is 11.5 Å². The highest BCUT2D eigenvalue weighted by molar-refractivity contribution is 6.05. The van der Waals surface area contributed by atoms with E-state index >= 15 is 0 Å². The lowest BCUT2D eigenvalue weighted by Gasteiger charge is -2.12. The van der Waals surface area contributed by atoms with Crippen molar-refractivity contribution >= 4 is 17.9 Å². The Balaban J connectivity index is 1.49. The zero-order valence-electron chi connectivity index (χ0n) is 19.1. The molecule has 7 heteroatoms. The lowest BCUT2D eigenvalue weighted by molar-refractivity contribution is -0.117. The smallest absolute Gasteiger partial charge is 0.267 e. The van der Waals surface area contributed by atoms with Crippen molar-refractivity contribution in [2.75, 3.05) is 6.54 Å². The first kappa shape index (κ1) is 23.5. The normalized spacial score (nSPS) is 11.0. The van der Waals surface area contributed by atoms with Crippen LogP contribution in [0.4, 0.5) is 0 Å². The van der Waals surface area contributed by atoms with Crippen molar-refractivity contribution in [1.82, 2.24) is 20.2 Å². The Morgan fingerprint density at radius 1 is 0.914 bits per heavy atom. The Labute approximate surface area is 204 Å². The predicted octanol–water partition coefficient (Wildman–Crippen LogP) is 4.65. The number of rotatable bonds is 10. The third kappa shape index (κ3) is 7.17. The molecule has 0 aliphatic heterocycles. The van der Waals surface area contributed by atoms with Gasteiger partial charge in [0.2, 0.25) is 0 Å². The molecule has 0 bridgehead atoms. The summed E-state index contributed by atoms with van der Waals surface area (Å²) in [4.78, 5) is 29.8. The molecule has 0 spiro atoms. The first-order valence-electron chi connectivity index (χ1n) is 11.3. The molecule has 3 aromatic carbocycles. The van der Waals surface area contributed by atoms with Crippen molar-refractivity contribution < 1.29 is 14.3 Å². The topological polar surface area (TPSA) is 85.2 Å². The summed E-state index contributed by atoms with van der Waals surface area (Å²) >= 11 is 0. The number of ether oxygens (including phenoxy) is 1. The van der Waals surface area contributed by atoms with Crippen molar-refractivity contribution in [3.05, 3.63) is 120 Å². The molecular formula is C28H26N4O3. The van der Waals surface area contributed by atoms with E-state index in [2.05, 4.69) is 15.6 Å². The quantitative estimate of drug-likeness (QED) is 0.263. The molecular weight excluding hydrogens is 440 g/mol. The third-order valence-electron chi connectivity index (χ3n) is 5.11. The number of hydrogen-bond donors (Lipinski definition) is 2. The van der Waals surface area contributed by atoms with E-state index in [9.17, 15) is 9.59 Å². The highest BCUT2D eigenvalue weighted by Crippen LogP contribution is 2.22. The summed E-state index contributed by atoms with van der Waals surface area (Å²) < 4.78 is 7.84. The maximum absolute atomic E-state index is 13.0. The Hall–Kier alpha value is -4.65. The zero-order chi connectivity index (χ0) is 24.3. The van der Waals surface area contributed by atoms with Crippen molar-refractivity contribution in [3.8, 4) is 11.5 Å². The molecule has 0 fully saturated rings. The first-order valence-corrected chi connectivity index (χ1v) is 11.3. The summed E-state index contributed by atoms with van der Waals surface area (Å²) in [6.07, 6.45) is 7.69. The zero-order valence-corrected chi connectivity index (χ0v) is 19.1. The van der Waals surface area contributed by atoms with Gasteiger partial charge >= 0.3 is 0 Å². The van der Waals surface area contributed by atoms with E-state index in [-0.39, 0.29) is 17.5 Å². The molecule has 1 heterocycles. The van der Waals surface area contributed by atoms with Crippen LogP contribution in [0.25, 0.3) is 6.08 Å². The van der Waals surface area contributed by atoms with Gasteiger partial charge in [0.15, 0.2) is 0 Å². The molecule has 35 heavy (non-hydrogen) atoms. The predicted molar refractivity (Wildman–Crippen MR) is 135 cm³/mol. The van der Waals surface area contributed by atoms with E-state index in [0.29, 0.717) is 23.6 Å². The van der Waals surface area contributed by atoms with Crippen LogP contribution in [0.15, 0.2) is 109 Å². The monoisotopic (exact) mass is 466 g/mol. The van der Waals surface area contributed by atoms with E-state index < -0.39 is 0 Å². The molecule has 0 unspecified atom stereocenters. The number of imidazole rings is 1. The molecule has 0 saturated heterocycles. The summed E-state index contributed by atoms with van der Waals surface area (Å²) in [7, 11) is 0. The van der Waals surface area contributed by atoms with Crippen LogP contribution in [0.3, 0.4) is 0 Å². The second kappa shape index (κ2) is 12.0. The van der Waals surface area contributed by atoms with Crippen molar-refractivity contribution in [1.29, 1.82) is 0 Å². The molecule has 0 saturated carbocycles. The van der Waals surface area contributed by atoms with Gasteiger partial charge in [0.25, 0.3) is 11.8 Å². The molecule has 2 N–H and O–H groups in total. The number of hydrogen-bond acceptors (Lipinski definition) is 4. The molecule has 4 rings (SSSR count). The molecule has 7 nitrogen and oxygen atoms in total. The fourth-order valence-corrected chi connectivity index (χ4v) is 3.38. The van der Waals surface area contributed by atoms with Crippen LogP contribution >= 0.6 is 0 Å². The van der Waals surface area contributed by atoms with Gasteiger partial charge in [-0.1, -0.05) is 48.5 Å². The van der Waals surface area contributed by atoms with Crippen LogP contribution in [0, 0.1) is 0 Å². The first-order chi connectivity index (χ1) is 17.2. The lowest BCUT2D eigenvalue weighted by atomic mass is 10.1. The molecule has 0 atom stereocenters. The van der Waals surface area contributed by atoms with Gasteiger partial charge in [-0.15, -0.1) is 0 Å². The van der Waals surface area contributed by atoms with Crippen LogP contribution < -0.4 is 15.4 Å². The van der Waals surface area contributed by atoms with E-state index in [1.807, 2.05) is 71.4 Å². The maximum atomic E-state index is 13.0. The lowest BCUT2D eigenvalue weighted by Crippen LogP contribution is -2.35. The van der Waals surface area contributed by atoms with E-state index in [0.717, 1.165) is 18.5 Å². The van der Waals surface area contributed by atoms with Gasteiger partial charge in [0.1, 0.15) is 17.2 Å². The van der Waals surface area contributed by atoms with Gasteiger partial charge in [-0.05, 0) is 54.5 Å². The largest absolute Gasteiger partial charge is 0.457 e. The van der Waals surface area contributed by atoms with Gasteiger partial charge in [-0.25, -0.2) is 4.98 Å². The second-order valence-electron chi connectivity index (χ2n) is 7.78. The molecule has 2 amide bonds. The number of amides is 2. The van der Waals surface area contributed by atoms with Crippen LogP contribution in [0.1, 0.15) is 22.3 Å². The molecule has 4 aromatic rings. The summed E-state index contributed by atoms with van der Waals surface area (Å²) in [6, 6.07) is 25.6. The number of nitrogens with zero attached hydrogens (tertiary/aromatic N) is 2. The maximum Gasteiger partial charge on any atom is 0.267 e. The molecule has 0 radical (unpaired) electrons. The van der Waals surface area contributed by atoms with Crippen molar-refractivity contribution in [3.63, 3.8) is 0 Å².